The number of likely N-dealkylation sites (N-methyl/N-ethyl adjacent to an activating group) is 1. The van der Waals surface area contributed by atoms with Gasteiger partial charge in [0.05, 0.1) is 0 Å². The van der Waals surface area contributed by atoms with E-state index in [-0.39, 0.29) is 5.91 Å². The Morgan fingerprint density at radius 2 is 1.69 bits per heavy atom. The Morgan fingerprint density at radius 1 is 1.00 bits per heavy atom. The van der Waals surface area contributed by atoms with Gasteiger partial charge < -0.3 is 9.80 Å². The Bertz CT molecular complexity index is 1110. The maximum Gasteiger partial charge on any atom is 0.248 e. The zero-order valence-electron chi connectivity index (χ0n) is 18.7. The fourth-order valence-corrected chi connectivity index (χ4v) is 4.58. The molecule has 164 valence electrons. The van der Waals surface area contributed by atoms with Gasteiger partial charge in [0, 0.05) is 37.3 Å². The smallest absolute Gasteiger partial charge is 0.248 e. The third kappa shape index (κ3) is 4.58. The molecule has 0 aromatic heterocycles. The van der Waals surface area contributed by atoms with Gasteiger partial charge in [-0.1, -0.05) is 84.9 Å². The zero-order chi connectivity index (χ0) is 22.7. The Balaban J connectivity index is 1.43. The molecule has 1 saturated heterocycles. The van der Waals surface area contributed by atoms with E-state index in [0.29, 0.717) is 11.6 Å². The average molecular weight is 445 g/mol. The summed E-state index contributed by atoms with van der Waals surface area (Å²) in [6, 6.07) is 26.6. The van der Waals surface area contributed by atoms with Crippen molar-refractivity contribution < 1.29 is 4.79 Å². The highest BCUT2D eigenvalue weighted by Gasteiger charge is 2.48. The fraction of sp³-hybridized carbons (Fsp3) is 0.250. The van der Waals surface area contributed by atoms with Gasteiger partial charge in [0.2, 0.25) is 5.91 Å². The average Bonchev–Trinajstić information content (AvgIpc) is 2.79. The second-order valence-corrected chi connectivity index (χ2v) is 9.21. The van der Waals surface area contributed by atoms with Crippen molar-refractivity contribution in [1.29, 1.82) is 0 Å². The minimum atomic E-state index is -0.546. The number of carbonyl (C=O) groups excluding carboxylic acids is 1. The van der Waals surface area contributed by atoms with E-state index >= 15 is 0 Å². The fourth-order valence-electron chi connectivity index (χ4n) is 4.46. The van der Waals surface area contributed by atoms with Crippen LogP contribution in [0.5, 0.6) is 0 Å². The Labute approximate surface area is 195 Å². The molecule has 0 saturated carbocycles. The first kappa shape index (κ1) is 22.2. The van der Waals surface area contributed by atoms with E-state index in [0.717, 1.165) is 30.6 Å². The molecule has 3 aromatic carbocycles. The summed E-state index contributed by atoms with van der Waals surface area (Å²) in [7, 11) is 1.87. The van der Waals surface area contributed by atoms with Crippen molar-refractivity contribution in [3.63, 3.8) is 0 Å². The maximum absolute atomic E-state index is 13.3. The van der Waals surface area contributed by atoms with Gasteiger partial charge >= 0.3 is 0 Å². The number of amides is 1. The van der Waals surface area contributed by atoms with E-state index in [1.165, 1.54) is 16.7 Å². The van der Waals surface area contributed by atoms with E-state index in [1.54, 1.807) is 4.90 Å². The van der Waals surface area contributed by atoms with Crippen LogP contribution in [0.3, 0.4) is 0 Å². The third-order valence-corrected chi connectivity index (χ3v) is 6.63. The monoisotopic (exact) mass is 444 g/mol. The molecule has 1 unspecified atom stereocenters. The molecule has 1 heterocycles. The van der Waals surface area contributed by atoms with Gasteiger partial charge in [-0.05, 0) is 47.7 Å². The topological polar surface area (TPSA) is 23.6 Å². The SMILES string of the molecule is C=C(Cc1cccc(-c2ccccc2)c1)N1CCC1(C)C(=O)N(C)Cc1ccc(Cl)cc1. The lowest BCUT2D eigenvalue weighted by Crippen LogP contribution is -2.65. The van der Waals surface area contributed by atoms with Crippen LogP contribution in [0.1, 0.15) is 24.5 Å². The molecule has 0 N–H and O–H groups in total. The highest BCUT2D eigenvalue weighted by atomic mass is 35.5. The molecule has 0 bridgehead atoms. The lowest BCUT2D eigenvalue weighted by Gasteiger charge is -2.53. The van der Waals surface area contributed by atoms with E-state index < -0.39 is 5.54 Å². The number of likely N-dealkylation sites (tertiary alicyclic amines) is 1. The molecule has 3 aromatic rings. The first-order valence-corrected chi connectivity index (χ1v) is 11.3. The van der Waals surface area contributed by atoms with Crippen molar-refractivity contribution in [1.82, 2.24) is 9.80 Å². The van der Waals surface area contributed by atoms with E-state index in [2.05, 4.69) is 60.0 Å². The first-order chi connectivity index (χ1) is 15.4. The summed E-state index contributed by atoms with van der Waals surface area (Å²) in [4.78, 5) is 17.3. The largest absolute Gasteiger partial charge is 0.361 e. The minimum absolute atomic E-state index is 0.123. The number of rotatable bonds is 7. The molecule has 1 aliphatic heterocycles. The van der Waals surface area contributed by atoms with Gasteiger partial charge in [0.25, 0.3) is 0 Å². The van der Waals surface area contributed by atoms with E-state index in [4.69, 9.17) is 11.6 Å². The van der Waals surface area contributed by atoms with Crippen molar-refractivity contribution in [3.05, 3.63) is 107 Å². The van der Waals surface area contributed by atoms with Crippen LogP contribution in [0.25, 0.3) is 11.1 Å². The van der Waals surface area contributed by atoms with Gasteiger partial charge in [-0.3, -0.25) is 4.79 Å². The van der Waals surface area contributed by atoms with Gasteiger partial charge in [-0.2, -0.15) is 0 Å². The van der Waals surface area contributed by atoms with Crippen molar-refractivity contribution in [2.45, 2.75) is 31.8 Å². The number of nitrogens with zero attached hydrogens (tertiary/aromatic N) is 2. The summed E-state index contributed by atoms with van der Waals surface area (Å²) >= 11 is 5.98. The summed E-state index contributed by atoms with van der Waals surface area (Å²) in [6.07, 6.45) is 1.56. The van der Waals surface area contributed by atoms with Gasteiger partial charge in [-0.15, -0.1) is 0 Å². The molecule has 1 fully saturated rings. The van der Waals surface area contributed by atoms with Gasteiger partial charge in [-0.25, -0.2) is 0 Å². The van der Waals surface area contributed by atoms with Crippen LogP contribution in [0, 0.1) is 0 Å². The van der Waals surface area contributed by atoms with Gasteiger partial charge in [0.15, 0.2) is 0 Å². The van der Waals surface area contributed by atoms with Crippen molar-refractivity contribution >= 4 is 17.5 Å². The molecule has 0 spiro atoms. The van der Waals surface area contributed by atoms with Crippen LogP contribution in [0.15, 0.2) is 91.1 Å². The normalized spacial score (nSPS) is 17.5. The Morgan fingerprint density at radius 3 is 2.34 bits per heavy atom. The summed E-state index contributed by atoms with van der Waals surface area (Å²) in [5.74, 6) is 0.123. The summed E-state index contributed by atoms with van der Waals surface area (Å²) in [5, 5.41) is 0.701. The molecular formula is C28H29ClN2O. The Kier molecular flexibility index (Phi) is 6.38. The van der Waals surface area contributed by atoms with Crippen molar-refractivity contribution in [3.8, 4) is 11.1 Å². The standard InChI is InChI=1S/C28H29ClN2O/c1-21(18-23-8-7-11-25(19-23)24-9-5-4-6-10-24)31-17-16-28(31,2)27(32)30(3)20-22-12-14-26(29)15-13-22/h4-15,19H,1,16-18,20H2,2-3H3. The molecule has 0 aliphatic carbocycles. The number of allylic oxidation sites excluding steroid dienone is 1. The quantitative estimate of drug-likeness (QED) is 0.434. The lowest BCUT2D eigenvalue weighted by atomic mass is 9.83. The summed E-state index contributed by atoms with van der Waals surface area (Å²) in [5.41, 5.74) is 5.10. The zero-order valence-corrected chi connectivity index (χ0v) is 19.5. The molecular weight excluding hydrogens is 416 g/mol. The number of hydrogen-bond donors (Lipinski definition) is 0. The second kappa shape index (κ2) is 9.22. The molecule has 4 rings (SSSR count). The predicted molar refractivity (Wildman–Crippen MR) is 132 cm³/mol. The molecule has 0 radical (unpaired) electrons. The molecule has 4 heteroatoms. The number of carbonyl (C=O) groups is 1. The first-order valence-electron chi connectivity index (χ1n) is 11.0. The van der Waals surface area contributed by atoms with Crippen LogP contribution in [0.4, 0.5) is 0 Å². The molecule has 32 heavy (non-hydrogen) atoms. The maximum atomic E-state index is 13.3. The predicted octanol–water partition coefficient (Wildman–Crippen LogP) is 6.19. The van der Waals surface area contributed by atoms with Crippen LogP contribution < -0.4 is 0 Å². The number of halogens is 1. The highest BCUT2D eigenvalue weighted by Crippen LogP contribution is 2.36. The van der Waals surface area contributed by atoms with Crippen LogP contribution in [-0.4, -0.2) is 34.8 Å². The van der Waals surface area contributed by atoms with Crippen LogP contribution >= 0.6 is 11.6 Å². The third-order valence-electron chi connectivity index (χ3n) is 6.38. The van der Waals surface area contributed by atoms with Crippen molar-refractivity contribution in [2.24, 2.45) is 0 Å². The van der Waals surface area contributed by atoms with Crippen LogP contribution in [-0.2, 0) is 17.8 Å². The summed E-state index contributed by atoms with van der Waals surface area (Å²) < 4.78 is 0. The Hall–Kier alpha value is -3.04. The minimum Gasteiger partial charge on any atom is -0.361 e. The van der Waals surface area contributed by atoms with Crippen molar-refractivity contribution in [2.75, 3.05) is 13.6 Å². The van der Waals surface area contributed by atoms with Gasteiger partial charge in [0.1, 0.15) is 5.54 Å². The molecule has 3 nitrogen and oxygen atoms in total. The number of hydrogen-bond acceptors (Lipinski definition) is 2. The highest BCUT2D eigenvalue weighted by molar-refractivity contribution is 6.30. The molecule has 1 amide bonds. The number of benzene rings is 3. The van der Waals surface area contributed by atoms with E-state index in [1.807, 2.05) is 44.3 Å². The van der Waals surface area contributed by atoms with Crippen LogP contribution in [0.2, 0.25) is 5.02 Å². The molecule has 1 atom stereocenters. The van der Waals surface area contributed by atoms with E-state index in [9.17, 15) is 4.79 Å². The molecule has 1 aliphatic rings. The second-order valence-electron chi connectivity index (χ2n) is 8.77. The lowest BCUT2D eigenvalue weighted by molar-refractivity contribution is -0.149. The summed E-state index contributed by atoms with van der Waals surface area (Å²) in [6.45, 7) is 7.79.